The van der Waals surface area contributed by atoms with Gasteiger partial charge in [0.25, 0.3) is 0 Å². The number of halogens is 1. The van der Waals surface area contributed by atoms with Crippen molar-refractivity contribution in [3.8, 4) is 0 Å². The van der Waals surface area contributed by atoms with Crippen LogP contribution in [0, 0.1) is 12.7 Å². The maximum atomic E-state index is 13.3. The summed E-state index contributed by atoms with van der Waals surface area (Å²) >= 11 is 0. The molecule has 2 N–H and O–H groups in total. The van der Waals surface area contributed by atoms with Gasteiger partial charge in [-0.3, -0.25) is 0 Å². The van der Waals surface area contributed by atoms with Crippen molar-refractivity contribution >= 4 is 0 Å². The Morgan fingerprint density at radius 1 is 1.53 bits per heavy atom. The fourth-order valence-corrected chi connectivity index (χ4v) is 2.01. The molecule has 3 heteroatoms. The van der Waals surface area contributed by atoms with Gasteiger partial charge in [0.2, 0.25) is 0 Å². The Kier molecular flexibility index (Phi) is 3.03. The van der Waals surface area contributed by atoms with Crippen LogP contribution in [0.25, 0.3) is 0 Å². The van der Waals surface area contributed by atoms with Gasteiger partial charge in [-0.1, -0.05) is 12.1 Å². The van der Waals surface area contributed by atoms with Crippen LogP contribution in [0.1, 0.15) is 30.1 Å². The van der Waals surface area contributed by atoms with E-state index >= 15 is 0 Å². The van der Waals surface area contributed by atoms with Crippen molar-refractivity contribution in [3.63, 3.8) is 0 Å². The van der Waals surface area contributed by atoms with Gasteiger partial charge in [0, 0.05) is 6.04 Å². The third-order valence-electron chi connectivity index (χ3n) is 3.02. The monoisotopic (exact) mass is 209 g/mol. The molecule has 1 heterocycles. The lowest BCUT2D eigenvalue weighted by Gasteiger charge is -2.18. The largest absolute Gasteiger partial charge is 0.387 e. The van der Waals surface area contributed by atoms with Crippen LogP contribution in [-0.4, -0.2) is 17.7 Å². The first kappa shape index (κ1) is 10.6. The van der Waals surface area contributed by atoms with Crippen molar-refractivity contribution in [2.45, 2.75) is 31.9 Å². The Morgan fingerprint density at radius 3 is 2.93 bits per heavy atom. The molecule has 0 radical (unpaired) electrons. The Bertz CT molecular complexity index is 347. The van der Waals surface area contributed by atoms with E-state index in [0.717, 1.165) is 19.4 Å². The third kappa shape index (κ3) is 2.19. The summed E-state index contributed by atoms with van der Waals surface area (Å²) < 4.78 is 13.3. The Morgan fingerprint density at radius 2 is 2.33 bits per heavy atom. The molecule has 0 spiro atoms. The van der Waals surface area contributed by atoms with E-state index in [0.29, 0.717) is 11.1 Å². The molecule has 15 heavy (non-hydrogen) atoms. The summed E-state index contributed by atoms with van der Waals surface area (Å²) in [4.78, 5) is 0. The second-order valence-corrected chi connectivity index (χ2v) is 4.16. The standard InChI is InChI=1S/C12H16FNO/c1-8-4-5-9(7-10(8)13)12(15)11-3-2-6-14-11/h4-5,7,11-12,14-15H,2-3,6H2,1H3. The molecule has 1 fully saturated rings. The summed E-state index contributed by atoms with van der Waals surface area (Å²) in [5.74, 6) is -0.246. The van der Waals surface area contributed by atoms with E-state index in [-0.39, 0.29) is 11.9 Å². The molecular formula is C12H16FNO. The molecule has 82 valence electrons. The van der Waals surface area contributed by atoms with Crippen LogP contribution in [0.4, 0.5) is 4.39 Å². The van der Waals surface area contributed by atoms with E-state index in [1.807, 2.05) is 0 Å². The van der Waals surface area contributed by atoms with Crippen molar-refractivity contribution in [2.75, 3.05) is 6.54 Å². The van der Waals surface area contributed by atoms with Gasteiger partial charge in [0.15, 0.2) is 0 Å². The average Bonchev–Trinajstić information content (AvgIpc) is 2.74. The van der Waals surface area contributed by atoms with Crippen LogP contribution in [0.15, 0.2) is 18.2 Å². The zero-order valence-corrected chi connectivity index (χ0v) is 8.83. The van der Waals surface area contributed by atoms with E-state index in [1.165, 1.54) is 6.07 Å². The molecule has 1 aromatic rings. The molecule has 2 rings (SSSR count). The highest BCUT2D eigenvalue weighted by Crippen LogP contribution is 2.24. The number of rotatable bonds is 2. The number of benzene rings is 1. The lowest BCUT2D eigenvalue weighted by Crippen LogP contribution is -2.28. The zero-order valence-electron chi connectivity index (χ0n) is 8.83. The predicted molar refractivity (Wildman–Crippen MR) is 57.1 cm³/mol. The summed E-state index contributed by atoms with van der Waals surface area (Å²) in [6.45, 7) is 2.66. The SMILES string of the molecule is Cc1ccc(C(O)C2CCCN2)cc1F. The number of aliphatic hydroxyl groups is 1. The number of aryl methyl sites for hydroxylation is 1. The highest BCUT2D eigenvalue weighted by Gasteiger charge is 2.24. The van der Waals surface area contributed by atoms with Gasteiger partial charge in [-0.25, -0.2) is 4.39 Å². The van der Waals surface area contributed by atoms with Crippen molar-refractivity contribution in [1.29, 1.82) is 0 Å². The molecule has 0 aliphatic carbocycles. The molecule has 2 atom stereocenters. The maximum absolute atomic E-state index is 13.3. The number of hydrogen-bond acceptors (Lipinski definition) is 2. The van der Waals surface area contributed by atoms with Crippen molar-refractivity contribution < 1.29 is 9.50 Å². The third-order valence-corrected chi connectivity index (χ3v) is 3.02. The minimum absolute atomic E-state index is 0.0760. The number of nitrogens with one attached hydrogen (secondary N) is 1. The minimum atomic E-state index is -0.595. The molecule has 2 nitrogen and oxygen atoms in total. The van der Waals surface area contributed by atoms with E-state index < -0.39 is 6.10 Å². The summed E-state index contributed by atoms with van der Waals surface area (Å²) in [5, 5.41) is 13.2. The van der Waals surface area contributed by atoms with Crippen molar-refractivity contribution in [2.24, 2.45) is 0 Å². The van der Waals surface area contributed by atoms with Crippen molar-refractivity contribution in [3.05, 3.63) is 35.1 Å². The molecule has 1 aliphatic heterocycles. The molecule has 1 aromatic carbocycles. The molecule has 1 saturated heterocycles. The summed E-state index contributed by atoms with van der Waals surface area (Å²) in [7, 11) is 0. The zero-order chi connectivity index (χ0) is 10.8. The molecule has 0 amide bonds. The van der Waals surface area contributed by atoms with Gasteiger partial charge in [0.1, 0.15) is 5.82 Å². The number of hydrogen-bond donors (Lipinski definition) is 2. The molecule has 0 aromatic heterocycles. The van der Waals surface area contributed by atoms with Crippen LogP contribution in [0.5, 0.6) is 0 Å². The molecule has 1 aliphatic rings. The van der Waals surface area contributed by atoms with Gasteiger partial charge in [-0.15, -0.1) is 0 Å². The first-order valence-corrected chi connectivity index (χ1v) is 5.36. The minimum Gasteiger partial charge on any atom is -0.387 e. The van der Waals surface area contributed by atoms with E-state index in [9.17, 15) is 9.50 Å². The van der Waals surface area contributed by atoms with Crippen LogP contribution in [0.2, 0.25) is 0 Å². The Balaban J connectivity index is 2.17. The fraction of sp³-hybridized carbons (Fsp3) is 0.500. The van der Waals surface area contributed by atoms with Gasteiger partial charge in [0.05, 0.1) is 6.10 Å². The van der Waals surface area contributed by atoms with E-state index in [4.69, 9.17) is 0 Å². The Labute approximate surface area is 89.1 Å². The molecule has 0 saturated carbocycles. The fourth-order valence-electron chi connectivity index (χ4n) is 2.01. The Hall–Kier alpha value is -0.930. The quantitative estimate of drug-likeness (QED) is 0.780. The highest BCUT2D eigenvalue weighted by molar-refractivity contribution is 5.26. The second-order valence-electron chi connectivity index (χ2n) is 4.16. The van der Waals surface area contributed by atoms with Crippen LogP contribution in [0.3, 0.4) is 0 Å². The van der Waals surface area contributed by atoms with Crippen molar-refractivity contribution in [1.82, 2.24) is 5.32 Å². The van der Waals surface area contributed by atoms with Crippen LogP contribution >= 0.6 is 0 Å². The highest BCUT2D eigenvalue weighted by atomic mass is 19.1. The topological polar surface area (TPSA) is 32.3 Å². The molecule has 2 unspecified atom stereocenters. The summed E-state index contributed by atoms with van der Waals surface area (Å²) in [6.07, 6.45) is 1.44. The first-order chi connectivity index (χ1) is 7.18. The van der Waals surface area contributed by atoms with E-state index in [2.05, 4.69) is 5.32 Å². The van der Waals surface area contributed by atoms with Gasteiger partial charge in [-0.05, 0) is 43.5 Å². The maximum Gasteiger partial charge on any atom is 0.126 e. The molecular weight excluding hydrogens is 193 g/mol. The van der Waals surface area contributed by atoms with Crippen LogP contribution < -0.4 is 5.32 Å². The van der Waals surface area contributed by atoms with Gasteiger partial charge < -0.3 is 10.4 Å². The average molecular weight is 209 g/mol. The molecule has 0 bridgehead atoms. The van der Waals surface area contributed by atoms with Gasteiger partial charge in [-0.2, -0.15) is 0 Å². The van der Waals surface area contributed by atoms with Crippen LogP contribution in [-0.2, 0) is 0 Å². The summed E-state index contributed by atoms with van der Waals surface area (Å²) in [5.41, 5.74) is 1.28. The normalized spacial score (nSPS) is 23.0. The van der Waals surface area contributed by atoms with E-state index in [1.54, 1.807) is 19.1 Å². The first-order valence-electron chi connectivity index (χ1n) is 5.36. The smallest absolute Gasteiger partial charge is 0.126 e. The predicted octanol–water partition coefficient (Wildman–Crippen LogP) is 1.92. The lowest BCUT2D eigenvalue weighted by molar-refractivity contribution is 0.137. The lowest BCUT2D eigenvalue weighted by atomic mass is 10.00. The summed E-state index contributed by atoms with van der Waals surface area (Å²) in [6, 6.07) is 5.01. The number of aliphatic hydroxyl groups excluding tert-OH is 1. The second kappa shape index (κ2) is 4.29. The van der Waals surface area contributed by atoms with Gasteiger partial charge >= 0.3 is 0 Å².